The Kier molecular flexibility index (Phi) is 4.52. The van der Waals surface area contributed by atoms with Crippen molar-refractivity contribution in [3.8, 4) is 0 Å². The van der Waals surface area contributed by atoms with Crippen molar-refractivity contribution < 1.29 is 14.4 Å². The van der Waals surface area contributed by atoms with Crippen LogP contribution >= 0.6 is 0 Å². The van der Waals surface area contributed by atoms with Crippen LogP contribution in [0.3, 0.4) is 0 Å². The number of amides is 3. The van der Waals surface area contributed by atoms with E-state index in [9.17, 15) is 14.4 Å². The molecule has 0 aromatic carbocycles. The SMILES string of the molecule is CC1C(=O)NC(=O)CN1C(=O)CCC1CCNCC1. The van der Waals surface area contributed by atoms with Gasteiger partial charge in [0.25, 0.3) is 0 Å². The molecule has 0 spiro atoms. The fourth-order valence-corrected chi connectivity index (χ4v) is 2.66. The summed E-state index contributed by atoms with van der Waals surface area (Å²) in [5.74, 6) is -0.283. The number of nitrogens with one attached hydrogen (secondary N) is 2. The molecule has 2 heterocycles. The van der Waals surface area contributed by atoms with E-state index in [0.717, 1.165) is 32.4 Å². The van der Waals surface area contributed by atoms with Crippen LogP contribution in [0.25, 0.3) is 0 Å². The van der Waals surface area contributed by atoms with E-state index in [-0.39, 0.29) is 18.4 Å². The van der Waals surface area contributed by atoms with Crippen LogP contribution < -0.4 is 10.6 Å². The van der Waals surface area contributed by atoms with Gasteiger partial charge in [-0.15, -0.1) is 0 Å². The lowest BCUT2D eigenvalue weighted by molar-refractivity contribution is -0.149. The molecule has 0 aliphatic carbocycles. The number of hydrogen-bond donors (Lipinski definition) is 2. The minimum absolute atomic E-state index is 0.00202. The summed E-state index contributed by atoms with van der Waals surface area (Å²) in [6, 6.07) is -0.543. The molecule has 0 aromatic rings. The van der Waals surface area contributed by atoms with Crippen molar-refractivity contribution >= 4 is 17.7 Å². The Balaban J connectivity index is 1.84. The van der Waals surface area contributed by atoms with Gasteiger partial charge in [-0.05, 0) is 45.2 Å². The highest BCUT2D eigenvalue weighted by molar-refractivity contribution is 6.04. The fraction of sp³-hybridized carbons (Fsp3) is 0.769. The second-order valence-electron chi connectivity index (χ2n) is 5.34. The number of imide groups is 1. The summed E-state index contributed by atoms with van der Waals surface area (Å²) in [6.07, 6.45) is 3.47. The van der Waals surface area contributed by atoms with E-state index < -0.39 is 11.9 Å². The number of piperazine rings is 1. The highest BCUT2D eigenvalue weighted by atomic mass is 16.2. The molecule has 106 valence electrons. The van der Waals surface area contributed by atoms with Crippen molar-refractivity contribution in [3.05, 3.63) is 0 Å². The third kappa shape index (κ3) is 3.53. The molecule has 3 amide bonds. The topological polar surface area (TPSA) is 78.5 Å². The van der Waals surface area contributed by atoms with Gasteiger partial charge < -0.3 is 10.2 Å². The highest BCUT2D eigenvalue weighted by Gasteiger charge is 2.33. The molecule has 0 aromatic heterocycles. The number of piperidine rings is 1. The zero-order valence-electron chi connectivity index (χ0n) is 11.3. The highest BCUT2D eigenvalue weighted by Crippen LogP contribution is 2.19. The van der Waals surface area contributed by atoms with Gasteiger partial charge >= 0.3 is 0 Å². The molecular weight excluding hydrogens is 246 g/mol. The largest absolute Gasteiger partial charge is 0.322 e. The summed E-state index contributed by atoms with van der Waals surface area (Å²) in [6.45, 7) is 3.68. The molecule has 19 heavy (non-hydrogen) atoms. The molecule has 2 saturated heterocycles. The zero-order valence-corrected chi connectivity index (χ0v) is 11.3. The summed E-state index contributed by atoms with van der Waals surface area (Å²) >= 11 is 0. The van der Waals surface area contributed by atoms with Gasteiger partial charge in [0.2, 0.25) is 17.7 Å². The van der Waals surface area contributed by atoms with E-state index in [2.05, 4.69) is 10.6 Å². The van der Waals surface area contributed by atoms with Crippen LogP contribution in [0.1, 0.15) is 32.6 Å². The molecule has 2 aliphatic heterocycles. The van der Waals surface area contributed by atoms with Crippen LogP contribution in [0.2, 0.25) is 0 Å². The Morgan fingerprint density at radius 3 is 2.68 bits per heavy atom. The first-order valence-corrected chi connectivity index (χ1v) is 6.92. The van der Waals surface area contributed by atoms with Crippen LogP contribution in [-0.2, 0) is 14.4 Å². The Labute approximate surface area is 112 Å². The van der Waals surface area contributed by atoms with E-state index in [0.29, 0.717) is 12.3 Å². The second-order valence-corrected chi connectivity index (χ2v) is 5.34. The summed E-state index contributed by atoms with van der Waals surface area (Å²) < 4.78 is 0. The third-order valence-electron chi connectivity index (χ3n) is 3.97. The second kappa shape index (κ2) is 6.14. The van der Waals surface area contributed by atoms with E-state index in [1.165, 1.54) is 4.90 Å². The minimum Gasteiger partial charge on any atom is -0.322 e. The predicted molar refractivity (Wildman–Crippen MR) is 69.2 cm³/mol. The average molecular weight is 267 g/mol. The predicted octanol–water partition coefficient (Wildman–Crippen LogP) is -0.360. The summed E-state index contributed by atoms with van der Waals surface area (Å²) in [7, 11) is 0. The van der Waals surface area contributed by atoms with Crippen molar-refractivity contribution in [3.63, 3.8) is 0 Å². The molecule has 2 N–H and O–H groups in total. The Hall–Kier alpha value is -1.43. The molecule has 0 bridgehead atoms. The van der Waals surface area contributed by atoms with Gasteiger partial charge in [0.05, 0.1) is 0 Å². The van der Waals surface area contributed by atoms with E-state index in [1.54, 1.807) is 6.92 Å². The first-order valence-electron chi connectivity index (χ1n) is 6.92. The van der Waals surface area contributed by atoms with Crippen molar-refractivity contribution in [1.29, 1.82) is 0 Å². The standard InChI is InChI=1S/C13H21N3O3/c1-9-13(19)15-11(17)8-16(9)12(18)3-2-10-4-6-14-7-5-10/h9-10,14H,2-8H2,1H3,(H,15,17,19). The van der Waals surface area contributed by atoms with Gasteiger partial charge in [0.15, 0.2) is 0 Å². The molecule has 1 unspecified atom stereocenters. The van der Waals surface area contributed by atoms with Crippen molar-refractivity contribution in [2.75, 3.05) is 19.6 Å². The monoisotopic (exact) mass is 267 g/mol. The number of carbonyl (C=O) groups is 3. The molecule has 6 nitrogen and oxygen atoms in total. The number of hydrogen-bond acceptors (Lipinski definition) is 4. The third-order valence-corrected chi connectivity index (χ3v) is 3.97. The fourth-order valence-electron chi connectivity index (χ4n) is 2.66. The summed E-state index contributed by atoms with van der Waals surface area (Å²) in [4.78, 5) is 36.3. The smallest absolute Gasteiger partial charge is 0.249 e. The van der Waals surface area contributed by atoms with E-state index >= 15 is 0 Å². The van der Waals surface area contributed by atoms with Crippen LogP contribution in [0.4, 0.5) is 0 Å². The Bertz CT molecular complexity index is 377. The number of nitrogens with zero attached hydrogens (tertiary/aromatic N) is 1. The first kappa shape index (κ1) is 14.0. The van der Waals surface area contributed by atoms with Gasteiger partial charge in [-0.2, -0.15) is 0 Å². The lowest BCUT2D eigenvalue weighted by Crippen LogP contribution is -2.58. The summed E-state index contributed by atoms with van der Waals surface area (Å²) in [5.41, 5.74) is 0. The van der Waals surface area contributed by atoms with Crippen LogP contribution in [0.15, 0.2) is 0 Å². The van der Waals surface area contributed by atoms with Gasteiger partial charge in [-0.25, -0.2) is 0 Å². The first-order chi connectivity index (χ1) is 9.08. The van der Waals surface area contributed by atoms with Crippen molar-refractivity contribution in [2.24, 2.45) is 5.92 Å². The quantitative estimate of drug-likeness (QED) is 0.685. The van der Waals surface area contributed by atoms with Crippen molar-refractivity contribution in [2.45, 2.75) is 38.6 Å². The molecule has 0 saturated carbocycles. The Morgan fingerprint density at radius 2 is 2.00 bits per heavy atom. The van der Waals surface area contributed by atoms with Crippen molar-refractivity contribution in [1.82, 2.24) is 15.5 Å². The molecule has 0 radical (unpaired) electrons. The number of rotatable bonds is 3. The normalized spacial score (nSPS) is 25.3. The maximum absolute atomic E-state index is 12.1. The molecule has 1 atom stereocenters. The van der Waals surface area contributed by atoms with Crippen LogP contribution in [0, 0.1) is 5.92 Å². The van der Waals surface area contributed by atoms with Gasteiger partial charge in [0.1, 0.15) is 12.6 Å². The lowest BCUT2D eigenvalue weighted by atomic mass is 9.93. The van der Waals surface area contributed by atoms with Crippen LogP contribution in [0.5, 0.6) is 0 Å². The molecular formula is C13H21N3O3. The van der Waals surface area contributed by atoms with Gasteiger partial charge in [-0.3, -0.25) is 19.7 Å². The van der Waals surface area contributed by atoms with E-state index in [4.69, 9.17) is 0 Å². The average Bonchev–Trinajstić information content (AvgIpc) is 2.41. The summed E-state index contributed by atoms with van der Waals surface area (Å²) in [5, 5.41) is 5.53. The van der Waals surface area contributed by atoms with Gasteiger partial charge in [0, 0.05) is 6.42 Å². The molecule has 2 aliphatic rings. The van der Waals surface area contributed by atoms with Gasteiger partial charge in [-0.1, -0.05) is 0 Å². The lowest BCUT2D eigenvalue weighted by Gasteiger charge is -2.32. The number of carbonyl (C=O) groups excluding carboxylic acids is 3. The molecule has 2 fully saturated rings. The Morgan fingerprint density at radius 1 is 1.32 bits per heavy atom. The maximum Gasteiger partial charge on any atom is 0.249 e. The maximum atomic E-state index is 12.1. The zero-order chi connectivity index (χ0) is 13.8. The minimum atomic E-state index is -0.543. The molecule has 2 rings (SSSR count). The van der Waals surface area contributed by atoms with Crippen LogP contribution in [-0.4, -0.2) is 48.3 Å². The molecule has 6 heteroatoms. The van der Waals surface area contributed by atoms with E-state index in [1.807, 2.05) is 0 Å².